The summed E-state index contributed by atoms with van der Waals surface area (Å²) in [4.78, 5) is 29.8. The Morgan fingerprint density at radius 2 is 2.10 bits per heavy atom. The Bertz CT molecular complexity index is 1120. The number of aryl methyl sites for hydroxylation is 1. The average Bonchev–Trinajstić information content (AvgIpc) is 2.68. The van der Waals surface area contributed by atoms with Crippen molar-refractivity contribution in [2.45, 2.75) is 18.6 Å². The highest BCUT2D eigenvalue weighted by Crippen LogP contribution is 2.23. The van der Waals surface area contributed by atoms with Crippen molar-refractivity contribution in [2.24, 2.45) is 0 Å². The molecule has 0 spiro atoms. The molecule has 0 saturated heterocycles. The first-order valence-corrected chi connectivity index (χ1v) is 10.9. The number of ether oxygens (including phenoxy) is 1. The summed E-state index contributed by atoms with van der Waals surface area (Å²) < 4.78 is 7.56. The Labute approximate surface area is 185 Å². The van der Waals surface area contributed by atoms with Crippen LogP contribution in [0, 0.1) is 6.92 Å². The zero-order chi connectivity index (χ0) is 21.0. The van der Waals surface area contributed by atoms with Gasteiger partial charge >= 0.3 is 0 Å². The molecule has 0 atom stereocenters. The van der Waals surface area contributed by atoms with E-state index in [-0.39, 0.29) is 17.2 Å². The van der Waals surface area contributed by atoms with Gasteiger partial charge in [0.05, 0.1) is 29.8 Å². The molecule has 152 valence electrons. The minimum atomic E-state index is -0.190. The fourth-order valence-corrected chi connectivity index (χ4v) is 4.03. The van der Waals surface area contributed by atoms with Crippen LogP contribution in [0.2, 0.25) is 5.02 Å². The van der Waals surface area contributed by atoms with Gasteiger partial charge in [0.15, 0.2) is 5.16 Å². The monoisotopic (exact) mass is 495 g/mol. The number of aromatic nitrogens is 2. The lowest BCUT2D eigenvalue weighted by Crippen LogP contribution is -2.26. The Morgan fingerprint density at radius 1 is 1.31 bits per heavy atom. The Kier molecular flexibility index (Phi) is 7.34. The zero-order valence-electron chi connectivity index (χ0n) is 15.9. The molecule has 1 heterocycles. The van der Waals surface area contributed by atoms with E-state index in [0.717, 1.165) is 10.0 Å². The van der Waals surface area contributed by atoms with Gasteiger partial charge in [0.1, 0.15) is 0 Å². The maximum atomic E-state index is 12.9. The second-order valence-electron chi connectivity index (χ2n) is 6.31. The third-order valence-corrected chi connectivity index (χ3v) is 6.26. The number of halogens is 2. The maximum Gasteiger partial charge on any atom is 0.262 e. The fourth-order valence-electron chi connectivity index (χ4n) is 2.66. The Hall–Kier alpha value is -1.87. The molecule has 1 amide bonds. The van der Waals surface area contributed by atoms with Crippen LogP contribution in [0.25, 0.3) is 10.9 Å². The average molecular weight is 497 g/mol. The number of hydrogen-bond donors (Lipinski definition) is 1. The van der Waals surface area contributed by atoms with Crippen LogP contribution in [0.3, 0.4) is 0 Å². The van der Waals surface area contributed by atoms with Gasteiger partial charge in [0, 0.05) is 22.3 Å². The molecule has 1 N–H and O–H groups in total. The number of rotatable bonds is 7. The lowest BCUT2D eigenvalue weighted by Gasteiger charge is -2.13. The van der Waals surface area contributed by atoms with Crippen LogP contribution >= 0.6 is 39.3 Å². The molecule has 0 saturated carbocycles. The molecule has 0 radical (unpaired) electrons. The summed E-state index contributed by atoms with van der Waals surface area (Å²) in [5.74, 6) is -0.0822. The molecule has 29 heavy (non-hydrogen) atoms. The Morgan fingerprint density at radius 3 is 2.83 bits per heavy atom. The van der Waals surface area contributed by atoms with Crippen LogP contribution in [-0.4, -0.2) is 34.9 Å². The minimum absolute atomic E-state index is 0.108. The number of carbonyl (C=O) groups is 1. The summed E-state index contributed by atoms with van der Waals surface area (Å²) >= 11 is 10.7. The number of thioether (sulfide) groups is 1. The summed E-state index contributed by atoms with van der Waals surface area (Å²) in [7, 11) is 1.57. The van der Waals surface area contributed by atoms with E-state index in [2.05, 4.69) is 26.2 Å². The van der Waals surface area contributed by atoms with Crippen molar-refractivity contribution >= 4 is 61.8 Å². The largest absolute Gasteiger partial charge is 0.383 e. The van der Waals surface area contributed by atoms with E-state index in [9.17, 15) is 9.59 Å². The lowest BCUT2D eigenvalue weighted by atomic mass is 10.2. The molecule has 1 aromatic heterocycles. The highest BCUT2D eigenvalue weighted by molar-refractivity contribution is 9.10. The van der Waals surface area contributed by atoms with Gasteiger partial charge in [-0.25, -0.2) is 4.98 Å². The van der Waals surface area contributed by atoms with E-state index < -0.39 is 0 Å². The van der Waals surface area contributed by atoms with E-state index in [1.807, 2.05) is 25.1 Å². The third-order valence-electron chi connectivity index (χ3n) is 4.19. The van der Waals surface area contributed by atoms with Crippen molar-refractivity contribution in [3.63, 3.8) is 0 Å². The van der Waals surface area contributed by atoms with Crippen LogP contribution in [-0.2, 0) is 16.1 Å². The summed E-state index contributed by atoms with van der Waals surface area (Å²) in [6, 6.07) is 10.6. The number of carbonyl (C=O) groups excluding carboxylic acids is 1. The molecule has 6 nitrogen and oxygen atoms in total. The first kappa shape index (κ1) is 21.8. The fraction of sp³-hybridized carbons (Fsp3) is 0.250. The topological polar surface area (TPSA) is 73.2 Å². The van der Waals surface area contributed by atoms with Crippen molar-refractivity contribution in [2.75, 3.05) is 24.8 Å². The van der Waals surface area contributed by atoms with E-state index in [1.165, 1.54) is 16.3 Å². The predicted molar refractivity (Wildman–Crippen MR) is 121 cm³/mol. The molecule has 0 aliphatic heterocycles. The molecule has 0 aliphatic rings. The number of methoxy groups -OCH3 is 1. The van der Waals surface area contributed by atoms with Crippen LogP contribution in [0.1, 0.15) is 5.56 Å². The number of anilines is 1. The first-order chi connectivity index (χ1) is 13.9. The van der Waals surface area contributed by atoms with Gasteiger partial charge < -0.3 is 10.1 Å². The van der Waals surface area contributed by atoms with Crippen molar-refractivity contribution in [3.05, 3.63) is 61.8 Å². The number of hydrogen-bond acceptors (Lipinski definition) is 5. The first-order valence-electron chi connectivity index (χ1n) is 8.77. The van der Waals surface area contributed by atoms with E-state index >= 15 is 0 Å². The standard InChI is InChI=1S/C20H19BrClN3O3S/c1-12-3-5-14(10-16(12)21)23-18(26)11-29-20-24-17-9-13(22)4-6-15(17)19(27)25(20)7-8-28-2/h3-6,9-10H,7-8,11H2,1-2H3,(H,23,26). The van der Waals surface area contributed by atoms with E-state index in [1.54, 1.807) is 25.3 Å². The summed E-state index contributed by atoms with van der Waals surface area (Å²) in [5, 5.41) is 4.27. The summed E-state index contributed by atoms with van der Waals surface area (Å²) in [6.45, 7) is 2.68. The van der Waals surface area contributed by atoms with Crippen molar-refractivity contribution in [3.8, 4) is 0 Å². The highest BCUT2D eigenvalue weighted by Gasteiger charge is 2.14. The van der Waals surface area contributed by atoms with Crippen molar-refractivity contribution in [1.82, 2.24) is 9.55 Å². The lowest BCUT2D eigenvalue weighted by molar-refractivity contribution is -0.113. The molecular weight excluding hydrogens is 478 g/mol. The maximum absolute atomic E-state index is 12.9. The molecule has 2 aromatic carbocycles. The molecule has 0 fully saturated rings. The van der Waals surface area contributed by atoms with Gasteiger partial charge in [-0.05, 0) is 42.8 Å². The van der Waals surface area contributed by atoms with Gasteiger partial charge in [-0.3, -0.25) is 14.2 Å². The molecular formula is C20H19BrClN3O3S. The van der Waals surface area contributed by atoms with Crippen LogP contribution < -0.4 is 10.9 Å². The van der Waals surface area contributed by atoms with Crippen LogP contribution in [0.4, 0.5) is 5.69 Å². The van der Waals surface area contributed by atoms with Gasteiger partial charge in [-0.1, -0.05) is 45.4 Å². The minimum Gasteiger partial charge on any atom is -0.383 e. The molecule has 3 rings (SSSR count). The van der Waals surface area contributed by atoms with Crippen LogP contribution in [0.15, 0.2) is 50.8 Å². The predicted octanol–water partition coefficient (Wildman–Crippen LogP) is 4.50. The van der Waals surface area contributed by atoms with E-state index in [0.29, 0.717) is 39.9 Å². The van der Waals surface area contributed by atoms with Gasteiger partial charge in [-0.2, -0.15) is 0 Å². The summed E-state index contributed by atoms with van der Waals surface area (Å²) in [5.41, 5.74) is 2.09. The summed E-state index contributed by atoms with van der Waals surface area (Å²) in [6.07, 6.45) is 0. The van der Waals surface area contributed by atoms with Crippen LogP contribution in [0.5, 0.6) is 0 Å². The third kappa shape index (κ3) is 5.39. The zero-order valence-corrected chi connectivity index (χ0v) is 19.0. The normalized spacial score (nSPS) is 11.0. The molecule has 0 aliphatic carbocycles. The molecule has 3 aromatic rings. The highest BCUT2D eigenvalue weighted by atomic mass is 79.9. The van der Waals surface area contributed by atoms with Gasteiger partial charge in [0.25, 0.3) is 5.56 Å². The molecule has 0 unspecified atom stereocenters. The SMILES string of the molecule is COCCn1c(SCC(=O)Nc2ccc(C)c(Br)c2)nc2cc(Cl)ccc2c1=O. The number of amides is 1. The Balaban J connectivity index is 1.82. The smallest absolute Gasteiger partial charge is 0.262 e. The van der Waals surface area contributed by atoms with Crippen molar-refractivity contribution < 1.29 is 9.53 Å². The molecule has 9 heteroatoms. The number of benzene rings is 2. The number of nitrogens with zero attached hydrogens (tertiary/aromatic N) is 2. The van der Waals surface area contributed by atoms with Crippen molar-refractivity contribution in [1.29, 1.82) is 0 Å². The number of fused-ring (bicyclic) bond motifs is 1. The van der Waals surface area contributed by atoms with Gasteiger partial charge in [0.2, 0.25) is 5.91 Å². The second-order valence-corrected chi connectivity index (χ2v) is 8.54. The quantitative estimate of drug-likeness (QED) is 0.385. The molecule has 0 bridgehead atoms. The van der Waals surface area contributed by atoms with Gasteiger partial charge in [-0.15, -0.1) is 0 Å². The number of nitrogens with one attached hydrogen (secondary N) is 1. The van der Waals surface area contributed by atoms with E-state index in [4.69, 9.17) is 16.3 Å². The second kappa shape index (κ2) is 9.75.